The van der Waals surface area contributed by atoms with Gasteiger partial charge < -0.3 is 15.5 Å². The SMILES string of the molecule is CCN(CC)C(=O)c1cccc(NC(=O)CNc2ccc(Cl)cc2)c1. The topological polar surface area (TPSA) is 61.4 Å². The molecule has 132 valence electrons. The maximum Gasteiger partial charge on any atom is 0.253 e. The first-order valence-electron chi connectivity index (χ1n) is 8.22. The van der Waals surface area contributed by atoms with E-state index in [1.165, 1.54) is 0 Å². The Morgan fingerprint density at radius 2 is 1.68 bits per heavy atom. The third-order valence-corrected chi connectivity index (χ3v) is 3.99. The molecule has 2 aromatic carbocycles. The van der Waals surface area contributed by atoms with Crippen LogP contribution in [-0.4, -0.2) is 36.3 Å². The van der Waals surface area contributed by atoms with Crippen molar-refractivity contribution in [3.63, 3.8) is 0 Å². The molecule has 0 unspecified atom stereocenters. The number of benzene rings is 2. The van der Waals surface area contributed by atoms with E-state index in [-0.39, 0.29) is 18.4 Å². The van der Waals surface area contributed by atoms with Gasteiger partial charge in [-0.1, -0.05) is 17.7 Å². The van der Waals surface area contributed by atoms with Crippen molar-refractivity contribution >= 4 is 34.8 Å². The minimum atomic E-state index is -0.192. The summed E-state index contributed by atoms with van der Waals surface area (Å²) in [7, 11) is 0. The number of hydrogen-bond acceptors (Lipinski definition) is 3. The number of hydrogen-bond donors (Lipinski definition) is 2. The van der Waals surface area contributed by atoms with E-state index in [0.717, 1.165) is 5.69 Å². The lowest BCUT2D eigenvalue weighted by molar-refractivity contribution is -0.114. The zero-order chi connectivity index (χ0) is 18.2. The molecule has 2 rings (SSSR count). The monoisotopic (exact) mass is 359 g/mol. The summed E-state index contributed by atoms with van der Waals surface area (Å²) in [6, 6.07) is 14.1. The highest BCUT2D eigenvalue weighted by Crippen LogP contribution is 2.14. The molecule has 0 radical (unpaired) electrons. The summed E-state index contributed by atoms with van der Waals surface area (Å²) in [6.45, 7) is 5.30. The Morgan fingerprint density at radius 1 is 1.00 bits per heavy atom. The predicted molar refractivity (Wildman–Crippen MR) is 102 cm³/mol. The number of carbonyl (C=O) groups excluding carboxylic acids is 2. The lowest BCUT2D eigenvalue weighted by Gasteiger charge is -2.19. The lowest BCUT2D eigenvalue weighted by atomic mass is 10.1. The van der Waals surface area contributed by atoms with E-state index in [1.54, 1.807) is 53.4 Å². The summed E-state index contributed by atoms with van der Waals surface area (Å²) in [4.78, 5) is 26.2. The number of nitrogens with zero attached hydrogens (tertiary/aromatic N) is 1. The minimum Gasteiger partial charge on any atom is -0.376 e. The maximum absolute atomic E-state index is 12.4. The third-order valence-electron chi connectivity index (χ3n) is 3.74. The van der Waals surface area contributed by atoms with Gasteiger partial charge in [0.15, 0.2) is 0 Å². The van der Waals surface area contributed by atoms with Crippen LogP contribution >= 0.6 is 11.6 Å². The van der Waals surface area contributed by atoms with E-state index in [0.29, 0.717) is 29.4 Å². The van der Waals surface area contributed by atoms with Gasteiger partial charge in [-0.3, -0.25) is 9.59 Å². The van der Waals surface area contributed by atoms with Crippen molar-refractivity contribution in [1.29, 1.82) is 0 Å². The summed E-state index contributed by atoms with van der Waals surface area (Å²) in [5.41, 5.74) is 1.97. The number of halogens is 1. The van der Waals surface area contributed by atoms with Gasteiger partial charge in [0.25, 0.3) is 5.91 Å². The van der Waals surface area contributed by atoms with Gasteiger partial charge in [-0.15, -0.1) is 0 Å². The average Bonchev–Trinajstić information content (AvgIpc) is 2.62. The molecule has 0 heterocycles. The van der Waals surface area contributed by atoms with Crippen LogP contribution in [0, 0.1) is 0 Å². The molecule has 5 nitrogen and oxygen atoms in total. The van der Waals surface area contributed by atoms with Crippen LogP contribution < -0.4 is 10.6 Å². The molecule has 0 spiro atoms. The molecule has 0 aromatic heterocycles. The van der Waals surface area contributed by atoms with Crippen LogP contribution in [0.25, 0.3) is 0 Å². The molecular weight excluding hydrogens is 338 g/mol. The van der Waals surface area contributed by atoms with Crippen molar-refractivity contribution in [3.05, 3.63) is 59.1 Å². The van der Waals surface area contributed by atoms with Crippen molar-refractivity contribution in [2.75, 3.05) is 30.3 Å². The van der Waals surface area contributed by atoms with Gasteiger partial charge in [-0.25, -0.2) is 0 Å². The predicted octanol–water partition coefficient (Wildman–Crippen LogP) is 3.87. The van der Waals surface area contributed by atoms with Gasteiger partial charge in [0.1, 0.15) is 0 Å². The summed E-state index contributed by atoms with van der Waals surface area (Å²) in [6.07, 6.45) is 0. The number of carbonyl (C=O) groups is 2. The van der Waals surface area contributed by atoms with E-state index in [4.69, 9.17) is 11.6 Å². The molecule has 6 heteroatoms. The Kier molecular flexibility index (Phi) is 6.83. The maximum atomic E-state index is 12.4. The first kappa shape index (κ1) is 18.8. The molecule has 0 bridgehead atoms. The van der Waals surface area contributed by atoms with Crippen LogP contribution in [0.1, 0.15) is 24.2 Å². The molecule has 0 aliphatic carbocycles. The van der Waals surface area contributed by atoms with Gasteiger partial charge >= 0.3 is 0 Å². The lowest BCUT2D eigenvalue weighted by Crippen LogP contribution is -2.30. The minimum absolute atomic E-state index is 0.0413. The van der Waals surface area contributed by atoms with Gasteiger partial charge in [0.05, 0.1) is 6.54 Å². The molecule has 0 fully saturated rings. The van der Waals surface area contributed by atoms with E-state index < -0.39 is 0 Å². The Morgan fingerprint density at radius 3 is 2.32 bits per heavy atom. The summed E-state index contributed by atoms with van der Waals surface area (Å²) < 4.78 is 0. The molecule has 0 aliphatic rings. The standard InChI is InChI=1S/C19H22ClN3O2/c1-3-23(4-2)19(25)14-6-5-7-17(12-14)22-18(24)13-21-16-10-8-15(20)9-11-16/h5-12,21H,3-4,13H2,1-2H3,(H,22,24). The molecule has 2 aromatic rings. The largest absolute Gasteiger partial charge is 0.376 e. The normalized spacial score (nSPS) is 10.2. The van der Waals surface area contributed by atoms with E-state index in [2.05, 4.69) is 10.6 Å². The van der Waals surface area contributed by atoms with E-state index in [1.807, 2.05) is 13.8 Å². The molecule has 25 heavy (non-hydrogen) atoms. The van der Waals surface area contributed by atoms with Crippen molar-refractivity contribution < 1.29 is 9.59 Å². The van der Waals surface area contributed by atoms with Crippen molar-refractivity contribution in [1.82, 2.24) is 4.90 Å². The second kappa shape index (κ2) is 9.08. The fourth-order valence-electron chi connectivity index (χ4n) is 2.38. The van der Waals surface area contributed by atoms with Crippen LogP contribution in [0.3, 0.4) is 0 Å². The zero-order valence-electron chi connectivity index (χ0n) is 14.4. The number of nitrogens with one attached hydrogen (secondary N) is 2. The molecule has 0 saturated carbocycles. The first-order chi connectivity index (χ1) is 12.0. The molecule has 2 amide bonds. The Labute approximate surface area is 153 Å². The Balaban J connectivity index is 1.95. The summed E-state index contributed by atoms with van der Waals surface area (Å²) in [5.74, 6) is -0.234. The molecular formula is C19H22ClN3O2. The number of anilines is 2. The van der Waals surface area contributed by atoms with Crippen molar-refractivity contribution in [3.8, 4) is 0 Å². The smallest absolute Gasteiger partial charge is 0.253 e. The Bertz CT molecular complexity index is 728. The second-order valence-corrected chi connectivity index (χ2v) is 5.90. The highest BCUT2D eigenvalue weighted by Gasteiger charge is 2.13. The van der Waals surface area contributed by atoms with Gasteiger partial charge in [-0.2, -0.15) is 0 Å². The van der Waals surface area contributed by atoms with Crippen LogP contribution in [0.15, 0.2) is 48.5 Å². The quantitative estimate of drug-likeness (QED) is 0.788. The molecule has 0 aliphatic heterocycles. The molecule has 2 N–H and O–H groups in total. The van der Waals surface area contributed by atoms with Crippen LogP contribution in [0.2, 0.25) is 5.02 Å². The van der Waals surface area contributed by atoms with Crippen molar-refractivity contribution in [2.24, 2.45) is 0 Å². The fraction of sp³-hybridized carbons (Fsp3) is 0.263. The van der Waals surface area contributed by atoms with Crippen LogP contribution in [0.4, 0.5) is 11.4 Å². The summed E-state index contributed by atoms with van der Waals surface area (Å²) >= 11 is 5.83. The second-order valence-electron chi connectivity index (χ2n) is 5.47. The average molecular weight is 360 g/mol. The first-order valence-corrected chi connectivity index (χ1v) is 8.60. The van der Waals surface area contributed by atoms with Gasteiger partial charge in [0.2, 0.25) is 5.91 Å². The number of rotatable bonds is 7. The summed E-state index contributed by atoms with van der Waals surface area (Å²) in [5, 5.41) is 6.46. The van der Waals surface area contributed by atoms with Gasteiger partial charge in [0, 0.05) is 35.1 Å². The van der Waals surface area contributed by atoms with E-state index >= 15 is 0 Å². The van der Waals surface area contributed by atoms with E-state index in [9.17, 15) is 9.59 Å². The fourth-order valence-corrected chi connectivity index (χ4v) is 2.50. The third kappa shape index (κ3) is 5.50. The highest BCUT2D eigenvalue weighted by atomic mass is 35.5. The Hall–Kier alpha value is -2.53. The highest BCUT2D eigenvalue weighted by molar-refractivity contribution is 6.30. The van der Waals surface area contributed by atoms with Gasteiger partial charge in [-0.05, 0) is 56.3 Å². The number of amides is 2. The molecule has 0 atom stereocenters. The van der Waals surface area contributed by atoms with Crippen LogP contribution in [-0.2, 0) is 4.79 Å². The van der Waals surface area contributed by atoms with Crippen LogP contribution in [0.5, 0.6) is 0 Å². The van der Waals surface area contributed by atoms with Crippen molar-refractivity contribution in [2.45, 2.75) is 13.8 Å². The molecule has 0 saturated heterocycles. The zero-order valence-corrected chi connectivity index (χ0v) is 15.1.